The Labute approximate surface area is 164 Å². The fraction of sp³-hybridized carbons (Fsp3) is 0.174. The van der Waals surface area contributed by atoms with Crippen molar-refractivity contribution in [2.75, 3.05) is 5.32 Å². The van der Waals surface area contributed by atoms with Crippen molar-refractivity contribution in [3.63, 3.8) is 0 Å². The van der Waals surface area contributed by atoms with Gasteiger partial charge in [0.05, 0.1) is 5.69 Å². The summed E-state index contributed by atoms with van der Waals surface area (Å²) in [6, 6.07) is 24.7. The lowest BCUT2D eigenvalue weighted by Crippen LogP contribution is -2.38. The van der Waals surface area contributed by atoms with Crippen LogP contribution < -0.4 is 14.8 Å². The van der Waals surface area contributed by atoms with Gasteiger partial charge in [-0.1, -0.05) is 42.5 Å². The van der Waals surface area contributed by atoms with Gasteiger partial charge in [0.25, 0.3) is 0 Å². The number of nitrogens with one attached hydrogen (secondary N) is 1. The minimum atomic E-state index is -1.31. The number of ether oxygens (including phenoxy) is 2. The number of aliphatic carboxylic acids is 1. The van der Waals surface area contributed by atoms with Crippen molar-refractivity contribution in [1.29, 1.82) is 0 Å². The third kappa shape index (κ3) is 5.04. The average molecular weight is 377 g/mol. The lowest BCUT2D eigenvalue weighted by atomic mass is 10.1. The van der Waals surface area contributed by atoms with E-state index in [0.29, 0.717) is 12.3 Å². The molecule has 0 unspecified atom stereocenters. The average Bonchev–Trinajstić information content (AvgIpc) is 2.69. The molecule has 0 aromatic heterocycles. The quantitative estimate of drug-likeness (QED) is 0.555. The van der Waals surface area contributed by atoms with E-state index in [4.69, 9.17) is 9.47 Å². The zero-order valence-electron chi connectivity index (χ0n) is 15.9. The first-order valence-corrected chi connectivity index (χ1v) is 9.01. The van der Waals surface area contributed by atoms with E-state index in [-0.39, 0.29) is 0 Å². The second-order valence-electron chi connectivity index (χ2n) is 6.83. The van der Waals surface area contributed by atoms with Crippen molar-refractivity contribution in [2.24, 2.45) is 0 Å². The van der Waals surface area contributed by atoms with Gasteiger partial charge in [-0.15, -0.1) is 0 Å². The third-order valence-corrected chi connectivity index (χ3v) is 4.15. The Hall–Kier alpha value is -3.47. The van der Waals surface area contributed by atoms with Crippen LogP contribution in [0.5, 0.6) is 17.2 Å². The van der Waals surface area contributed by atoms with E-state index in [1.165, 1.54) is 13.8 Å². The molecule has 5 heteroatoms. The van der Waals surface area contributed by atoms with Crippen molar-refractivity contribution < 1.29 is 19.4 Å². The Morgan fingerprint density at radius 3 is 2.18 bits per heavy atom. The summed E-state index contributed by atoms with van der Waals surface area (Å²) in [5.74, 6) is 1.04. The largest absolute Gasteiger partial charge is 0.478 e. The van der Waals surface area contributed by atoms with Gasteiger partial charge in [-0.25, -0.2) is 4.79 Å². The molecule has 3 aromatic rings. The fourth-order valence-corrected chi connectivity index (χ4v) is 2.52. The Morgan fingerprint density at radius 2 is 1.50 bits per heavy atom. The zero-order valence-corrected chi connectivity index (χ0v) is 15.9. The maximum atomic E-state index is 11.3. The molecule has 0 radical (unpaired) electrons. The molecule has 0 aliphatic heterocycles. The van der Waals surface area contributed by atoms with Gasteiger partial charge in [-0.05, 0) is 55.8 Å². The normalized spacial score (nSPS) is 10.9. The molecule has 0 spiro atoms. The van der Waals surface area contributed by atoms with Gasteiger partial charge in [0.1, 0.15) is 17.2 Å². The van der Waals surface area contributed by atoms with Crippen molar-refractivity contribution >= 4 is 11.7 Å². The summed E-state index contributed by atoms with van der Waals surface area (Å²) < 4.78 is 11.5. The molecule has 28 heavy (non-hydrogen) atoms. The second kappa shape index (κ2) is 8.48. The number of rotatable bonds is 8. The lowest BCUT2D eigenvalue weighted by molar-refractivity contribution is -0.152. The standard InChI is InChI=1S/C23H23NO4/c1-23(2,22(25)26)28-21-11-7-6-10-20(21)24-16-17-12-14-19(15-13-17)27-18-8-4-3-5-9-18/h3-15,24H,16H2,1-2H3,(H,25,26). The molecule has 3 rings (SSSR count). The molecule has 2 N–H and O–H groups in total. The van der Waals surface area contributed by atoms with Gasteiger partial charge in [0, 0.05) is 6.54 Å². The number of carboxylic acids is 1. The highest BCUT2D eigenvalue weighted by atomic mass is 16.5. The van der Waals surface area contributed by atoms with Crippen LogP contribution in [0.1, 0.15) is 19.4 Å². The fourth-order valence-electron chi connectivity index (χ4n) is 2.52. The first-order chi connectivity index (χ1) is 13.4. The highest BCUT2D eigenvalue weighted by Crippen LogP contribution is 2.28. The van der Waals surface area contributed by atoms with E-state index in [1.54, 1.807) is 6.07 Å². The van der Waals surface area contributed by atoms with E-state index in [0.717, 1.165) is 22.7 Å². The molecule has 0 atom stereocenters. The van der Waals surface area contributed by atoms with E-state index >= 15 is 0 Å². The van der Waals surface area contributed by atoms with Gasteiger partial charge in [-0.2, -0.15) is 0 Å². The van der Waals surface area contributed by atoms with Crippen molar-refractivity contribution in [3.8, 4) is 17.2 Å². The maximum absolute atomic E-state index is 11.3. The van der Waals surface area contributed by atoms with Crippen LogP contribution in [-0.2, 0) is 11.3 Å². The Morgan fingerprint density at radius 1 is 0.893 bits per heavy atom. The van der Waals surface area contributed by atoms with Crippen LogP contribution in [0, 0.1) is 0 Å². The maximum Gasteiger partial charge on any atom is 0.347 e. The lowest BCUT2D eigenvalue weighted by Gasteiger charge is -2.23. The van der Waals surface area contributed by atoms with Gasteiger partial charge >= 0.3 is 5.97 Å². The molecule has 5 nitrogen and oxygen atoms in total. The molecule has 0 saturated heterocycles. The summed E-state index contributed by atoms with van der Waals surface area (Å²) in [5.41, 5.74) is 0.489. The SMILES string of the molecule is CC(C)(Oc1ccccc1NCc1ccc(Oc2ccccc2)cc1)C(=O)O. The predicted molar refractivity (Wildman–Crippen MR) is 109 cm³/mol. The molecule has 0 amide bonds. The van der Waals surface area contributed by atoms with Crippen LogP contribution >= 0.6 is 0 Å². The van der Waals surface area contributed by atoms with E-state index in [1.807, 2.05) is 72.8 Å². The first kappa shape index (κ1) is 19.3. The van der Waals surface area contributed by atoms with E-state index < -0.39 is 11.6 Å². The van der Waals surface area contributed by atoms with Crippen LogP contribution in [0.15, 0.2) is 78.9 Å². The summed E-state index contributed by atoms with van der Waals surface area (Å²) in [6.07, 6.45) is 0. The summed E-state index contributed by atoms with van der Waals surface area (Å²) in [6.45, 7) is 3.62. The molecular weight excluding hydrogens is 354 g/mol. The summed E-state index contributed by atoms with van der Waals surface area (Å²) in [7, 11) is 0. The second-order valence-corrected chi connectivity index (χ2v) is 6.83. The van der Waals surface area contributed by atoms with Crippen molar-refractivity contribution in [3.05, 3.63) is 84.4 Å². The number of anilines is 1. The van der Waals surface area contributed by atoms with Crippen LogP contribution in [0.2, 0.25) is 0 Å². The van der Waals surface area contributed by atoms with Gasteiger partial charge in [0.2, 0.25) is 0 Å². The molecule has 0 bridgehead atoms. The smallest absolute Gasteiger partial charge is 0.347 e. The van der Waals surface area contributed by atoms with E-state index in [2.05, 4.69) is 5.32 Å². The highest BCUT2D eigenvalue weighted by molar-refractivity contribution is 5.77. The van der Waals surface area contributed by atoms with Gasteiger partial charge in [-0.3, -0.25) is 0 Å². The third-order valence-electron chi connectivity index (χ3n) is 4.15. The van der Waals surface area contributed by atoms with Crippen LogP contribution in [0.25, 0.3) is 0 Å². The number of hydrogen-bond donors (Lipinski definition) is 2. The zero-order chi connectivity index (χ0) is 20.0. The van der Waals surface area contributed by atoms with Crippen LogP contribution in [0.3, 0.4) is 0 Å². The van der Waals surface area contributed by atoms with Crippen LogP contribution in [-0.4, -0.2) is 16.7 Å². The molecule has 144 valence electrons. The molecule has 0 fully saturated rings. The molecule has 0 aliphatic carbocycles. The minimum Gasteiger partial charge on any atom is -0.478 e. The van der Waals surface area contributed by atoms with E-state index in [9.17, 15) is 9.90 Å². The molecular formula is C23H23NO4. The number of carbonyl (C=O) groups is 1. The van der Waals surface area contributed by atoms with Gasteiger partial charge in [0.15, 0.2) is 5.60 Å². The minimum absolute atomic E-state index is 0.499. The van der Waals surface area contributed by atoms with Crippen molar-refractivity contribution in [1.82, 2.24) is 0 Å². The summed E-state index contributed by atoms with van der Waals surface area (Å²) in [4.78, 5) is 11.3. The topological polar surface area (TPSA) is 67.8 Å². The van der Waals surface area contributed by atoms with Crippen molar-refractivity contribution in [2.45, 2.75) is 26.0 Å². The number of hydrogen-bond acceptors (Lipinski definition) is 4. The Kier molecular flexibility index (Phi) is 5.84. The van der Waals surface area contributed by atoms with Gasteiger partial charge < -0.3 is 19.9 Å². The van der Waals surface area contributed by atoms with Crippen LogP contribution in [0.4, 0.5) is 5.69 Å². The number of para-hydroxylation sites is 3. The number of benzene rings is 3. The monoisotopic (exact) mass is 377 g/mol. The molecule has 0 saturated carbocycles. The predicted octanol–water partition coefficient (Wildman–Crippen LogP) is 5.33. The summed E-state index contributed by atoms with van der Waals surface area (Å²) in [5, 5.41) is 12.6. The molecule has 3 aromatic carbocycles. The first-order valence-electron chi connectivity index (χ1n) is 9.01. The molecule has 0 heterocycles. The Balaban J connectivity index is 1.64. The summed E-state index contributed by atoms with van der Waals surface area (Å²) >= 11 is 0. The highest BCUT2D eigenvalue weighted by Gasteiger charge is 2.30. The molecule has 0 aliphatic rings. The number of carboxylic acid groups (broad SMARTS) is 1. The Bertz CT molecular complexity index is 921.